The van der Waals surface area contributed by atoms with Crippen LogP contribution in [0, 0.1) is 67.2 Å². The van der Waals surface area contributed by atoms with Crippen LogP contribution in [-0.2, 0) is 42.8 Å². The fourth-order valence-electron chi connectivity index (χ4n) is 5.09. The fourth-order valence-corrected chi connectivity index (χ4v) is 5.09. The molecule has 0 aliphatic carbocycles. The van der Waals surface area contributed by atoms with E-state index in [0.717, 1.165) is 19.6 Å². The molecule has 0 spiro atoms. The number of morpholine rings is 1. The minimum atomic E-state index is -0.358. The number of nitrogens with zero attached hydrogens (tertiary/aromatic N) is 3. The van der Waals surface area contributed by atoms with E-state index in [9.17, 15) is 19.6 Å². The van der Waals surface area contributed by atoms with Crippen LogP contribution in [0.3, 0.4) is 0 Å². The quantitative estimate of drug-likeness (QED) is 0.0436. The van der Waals surface area contributed by atoms with Crippen molar-refractivity contribution in [1.82, 2.24) is 20.4 Å². The topological polar surface area (TPSA) is 161 Å². The number of nitriles is 1. The van der Waals surface area contributed by atoms with Crippen molar-refractivity contribution in [2.24, 2.45) is 17.3 Å². The van der Waals surface area contributed by atoms with Gasteiger partial charge in [0.1, 0.15) is 11.6 Å². The van der Waals surface area contributed by atoms with Crippen molar-refractivity contribution in [3.05, 3.63) is 11.6 Å². The van der Waals surface area contributed by atoms with E-state index in [1.54, 1.807) is 17.4 Å². The van der Waals surface area contributed by atoms with Crippen LogP contribution >= 0.6 is 0 Å². The van der Waals surface area contributed by atoms with Crippen molar-refractivity contribution in [3.8, 4) is 6.07 Å². The maximum Gasteiger partial charge on any atom is 0.264 e. The molecule has 2 aliphatic rings. The van der Waals surface area contributed by atoms with E-state index in [4.69, 9.17) is 28.4 Å². The second-order valence-electron chi connectivity index (χ2n) is 11.7. The van der Waals surface area contributed by atoms with Gasteiger partial charge in [-0.15, -0.1) is 0 Å². The maximum absolute atomic E-state index is 13.2. The number of amides is 3. The zero-order valence-corrected chi connectivity index (χ0v) is 29.7. The predicted molar refractivity (Wildman–Crippen MR) is 165 cm³/mol. The molecule has 0 aromatic carbocycles. The van der Waals surface area contributed by atoms with E-state index >= 15 is 0 Å². The summed E-state index contributed by atoms with van der Waals surface area (Å²) in [4.78, 5) is 39.9. The Hall–Kier alpha value is -1.35. The van der Waals surface area contributed by atoms with Gasteiger partial charge in [-0.1, -0.05) is 26.8 Å². The molecule has 2 heterocycles. The summed E-state index contributed by atoms with van der Waals surface area (Å²) in [5.74, 6) is -0.798. The van der Waals surface area contributed by atoms with Gasteiger partial charge in [-0.3, -0.25) is 14.5 Å². The Morgan fingerprint density at radius 3 is 1.96 bits per heavy atom. The summed E-state index contributed by atoms with van der Waals surface area (Å²) in [5, 5.41) is 15.1. The third-order valence-electron chi connectivity index (χ3n) is 7.33. The summed E-state index contributed by atoms with van der Waals surface area (Å²) in [5.41, 5.74) is -0.237. The molecule has 46 heavy (non-hydrogen) atoms. The number of nitrogens with one attached hydrogen (secondary N) is 2. The summed E-state index contributed by atoms with van der Waals surface area (Å²) < 4.78 is 32.5. The summed E-state index contributed by atoms with van der Waals surface area (Å²) in [6, 6.07) is 2.10. The molecule has 0 unspecified atom stereocenters. The number of carbonyl (C=O) groups is 2. The van der Waals surface area contributed by atoms with Crippen molar-refractivity contribution in [2.45, 2.75) is 20.8 Å². The van der Waals surface area contributed by atoms with Gasteiger partial charge < -0.3 is 48.7 Å². The maximum atomic E-state index is 13.2. The van der Waals surface area contributed by atoms with Crippen LogP contribution in [-0.4, -0.2) is 153 Å². The van der Waals surface area contributed by atoms with Gasteiger partial charge in [0.15, 0.2) is 0 Å². The van der Waals surface area contributed by atoms with Gasteiger partial charge >= 0.3 is 0 Å². The Morgan fingerprint density at radius 1 is 0.913 bits per heavy atom. The van der Waals surface area contributed by atoms with E-state index in [2.05, 4.69) is 21.6 Å². The van der Waals surface area contributed by atoms with E-state index in [0.29, 0.717) is 98.9 Å². The van der Waals surface area contributed by atoms with Crippen LogP contribution in [0.2, 0.25) is 0 Å². The first-order valence-corrected chi connectivity index (χ1v) is 15.8. The normalized spacial score (nSPS) is 18.9. The van der Waals surface area contributed by atoms with E-state index in [1.807, 2.05) is 20.8 Å². The first-order chi connectivity index (χ1) is 21.8. The minimum absolute atomic E-state index is 0. The molecular formula is C31H52N5O9Tb-. The smallest absolute Gasteiger partial charge is 0.264 e. The van der Waals surface area contributed by atoms with Crippen LogP contribution in [0.4, 0.5) is 0 Å². The monoisotopic (exact) mass is 797 g/mol. The van der Waals surface area contributed by atoms with Crippen LogP contribution in [0.5, 0.6) is 0 Å². The Balaban J connectivity index is 0.0000106. The minimum Gasteiger partial charge on any atom is -0.528 e. The number of carbonyl (C=O) groups excluding carboxylic acids is 3. The van der Waals surface area contributed by atoms with Crippen molar-refractivity contribution >= 4 is 18.2 Å². The third-order valence-corrected chi connectivity index (χ3v) is 7.33. The first kappa shape index (κ1) is 42.7. The predicted octanol–water partition coefficient (Wildman–Crippen LogP) is -0.255. The van der Waals surface area contributed by atoms with Crippen LogP contribution in [0.15, 0.2) is 11.6 Å². The molecule has 2 atom stereocenters. The molecule has 15 heteroatoms. The van der Waals surface area contributed by atoms with E-state index in [1.165, 1.54) is 0 Å². The second-order valence-corrected chi connectivity index (χ2v) is 11.7. The average molecular weight is 798 g/mol. The SMILES string of the molecule is C[C@@H]1CN(C(=O)/C(C#N)=C/C(C)(C)CN2CCOCC2)C[C@H]1C(=O)NCCOCCOCCOCCOCCOCCN[C-]=O.[Tb]. The molecule has 2 rings (SSSR count). The van der Waals surface area contributed by atoms with Gasteiger partial charge in [0, 0.05) is 84.4 Å². The van der Waals surface area contributed by atoms with Crippen molar-refractivity contribution in [3.63, 3.8) is 0 Å². The van der Waals surface area contributed by atoms with Gasteiger partial charge in [0.25, 0.3) is 5.91 Å². The fraction of sp³-hybridized carbons (Fsp3) is 0.806. The molecule has 3 amide bonds. The van der Waals surface area contributed by atoms with Gasteiger partial charge in [-0.05, 0) is 11.3 Å². The average Bonchev–Trinajstić information content (AvgIpc) is 3.42. The Bertz CT molecular complexity index is 944. The molecule has 2 N–H and O–H groups in total. The molecular weight excluding hydrogens is 745 g/mol. The standard InChI is InChI=1S/C31H52N5O9.Tb/c1-26-22-36(30(39)27(21-32)20-31(2,3)24-35-6-10-42-11-7-35)23-28(26)29(38)34-5-9-41-13-15-44-17-19-45-18-16-43-14-12-40-8-4-33-25-37;/h20,26,28H,4-19,22-24H2,1-3H3,(H,33,37)(H,34,38);/q-1;/b27-20+;/t26-,28-;/m1./s1. The number of likely N-dealkylation sites (tertiary alicyclic amines) is 1. The molecule has 2 saturated heterocycles. The molecule has 2 aliphatic heterocycles. The van der Waals surface area contributed by atoms with Crippen molar-refractivity contribution in [1.29, 1.82) is 5.26 Å². The van der Waals surface area contributed by atoms with Crippen molar-refractivity contribution < 1.29 is 81.4 Å². The van der Waals surface area contributed by atoms with E-state index < -0.39 is 0 Å². The molecule has 14 nitrogen and oxygen atoms in total. The van der Waals surface area contributed by atoms with Crippen LogP contribution in [0.1, 0.15) is 20.8 Å². The molecule has 1 radical (unpaired) electrons. The summed E-state index contributed by atoms with van der Waals surface area (Å²) in [6.07, 6.45) is 3.35. The zero-order valence-electron chi connectivity index (χ0n) is 27.5. The molecule has 265 valence electrons. The largest absolute Gasteiger partial charge is 0.528 e. The Labute approximate surface area is 304 Å². The Kier molecular flexibility index (Phi) is 23.8. The molecule has 0 bridgehead atoms. The molecule has 0 aromatic rings. The Morgan fingerprint density at radius 2 is 1.43 bits per heavy atom. The molecule has 0 aromatic heterocycles. The summed E-state index contributed by atoms with van der Waals surface area (Å²) in [6.45, 7) is 15.6. The van der Waals surface area contributed by atoms with Gasteiger partial charge in [0.05, 0.1) is 85.2 Å². The number of ether oxygens (including phenoxy) is 6. The van der Waals surface area contributed by atoms with Crippen LogP contribution in [0.25, 0.3) is 0 Å². The first-order valence-electron chi connectivity index (χ1n) is 15.8. The zero-order chi connectivity index (χ0) is 32.8. The molecule has 2 fully saturated rings. The van der Waals surface area contributed by atoms with Crippen LogP contribution < -0.4 is 10.6 Å². The number of hydrogen-bond acceptors (Lipinski definition) is 11. The summed E-state index contributed by atoms with van der Waals surface area (Å²) >= 11 is 0. The number of hydrogen-bond donors (Lipinski definition) is 2. The molecule has 0 saturated carbocycles. The van der Waals surface area contributed by atoms with Gasteiger partial charge in [-0.25, -0.2) is 0 Å². The summed E-state index contributed by atoms with van der Waals surface area (Å²) in [7, 11) is 0. The third kappa shape index (κ3) is 18.3. The van der Waals surface area contributed by atoms with Crippen molar-refractivity contribution in [2.75, 3.05) is 125 Å². The van der Waals surface area contributed by atoms with Gasteiger partial charge in [0.2, 0.25) is 5.91 Å². The number of rotatable bonds is 24. The van der Waals surface area contributed by atoms with Gasteiger partial charge in [-0.2, -0.15) is 11.7 Å². The second kappa shape index (κ2) is 25.6. The van der Waals surface area contributed by atoms with E-state index in [-0.39, 0.29) is 79.8 Å².